The SMILES string of the molecule is Cc1nc(Cl)nc2c1OC(c1ccccc1)=NN2C. The molecule has 0 unspecified atom stereocenters. The van der Waals surface area contributed by atoms with Crippen LogP contribution in [0.5, 0.6) is 5.75 Å². The Morgan fingerprint density at radius 3 is 2.63 bits per heavy atom. The van der Waals surface area contributed by atoms with E-state index in [1.165, 1.54) is 0 Å². The van der Waals surface area contributed by atoms with Gasteiger partial charge < -0.3 is 4.74 Å². The number of hydrogen-bond acceptors (Lipinski definition) is 5. The Kier molecular flexibility index (Phi) is 2.83. The van der Waals surface area contributed by atoms with Gasteiger partial charge in [0.1, 0.15) is 0 Å². The van der Waals surface area contributed by atoms with Gasteiger partial charge in [-0.3, -0.25) is 0 Å². The Balaban J connectivity index is 2.07. The van der Waals surface area contributed by atoms with Gasteiger partial charge in [-0.25, -0.2) is 9.99 Å². The summed E-state index contributed by atoms with van der Waals surface area (Å²) in [4.78, 5) is 8.23. The highest BCUT2D eigenvalue weighted by molar-refractivity contribution is 6.28. The normalized spacial score (nSPS) is 13.6. The molecule has 0 saturated heterocycles. The molecule has 5 nitrogen and oxygen atoms in total. The molecule has 0 amide bonds. The van der Waals surface area contributed by atoms with Crippen LogP contribution in [-0.4, -0.2) is 22.9 Å². The van der Waals surface area contributed by atoms with Crippen molar-refractivity contribution >= 4 is 23.3 Å². The number of fused-ring (bicyclic) bond motifs is 1. The quantitative estimate of drug-likeness (QED) is 0.750. The largest absolute Gasteiger partial charge is 0.431 e. The van der Waals surface area contributed by atoms with E-state index in [1.54, 1.807) is 12.1 Å². The number of nitrogens with zero attached hydrogens (tertiary/aromatic N) is 4. The molecule has 96 valence electrons. The zero-order valence-electron chi connectivity index (χ0n) is 10.5. The summed E-state index contributed by atoms with van der Waals surface area (Å²) < 4.78 is 5.80. The molecule has 0 saturated carbocycles. The molecule has 19 heavy (non-hydrogen) atoms. The lowest BCUT2D eigenvalue weighted by molar-refractivity contribution is 0.519. The predicted octanol–water partition coefficient (Wildman–Crippen LogP) is 2.63. The number of ether oxygens (including phenoxy) is 1. The van der Waals surface area contributed by atoms with Crippen LogP contribution in [-0.2, 0) is 0 Å². The first kappa shape index (κ1) is 11.9. The summed E-state index contributed by atoms with van der Waals surface area (Å²) in [6, 6.07) is 9.68. The van der Waals surface area contributed by atoms with Crippen molar-refractivity contribution in [3.8, 4) is 5.75 Å². The van der Waals surface area contributed by atoms with E-state index in [-0.39, 0.29) is 5.28 Å². The van der Waals surface area contributed by atoms with Crippen LogP contribution in [0.2, 0.25) is 5.28 Å². The van der Waals surface area contributed by atoms with Gasteiger partial charge in [0.05, 0.1) is 5.69 Å². The number of hydrogen-bond donors (Lipinski definition) is 0. The Labute approximate surface area is 115 Å². The van der Waals surface area contributed by atoms with Crippen molar-refractivity contribution in [2.24, 2.45) is 5.10 Å². The van der Waals surface area contributed by atoms with Gasteiger partial charge in [0.15, 0.2) is 11.6 Å². The number of halogens is 1. The van der Waals surface area contributed by atoms with E-state index in [1.807, 2.05) is 37.3 Å². The summed E-state index contributed by atoms with van der Waals surface area (Å²) in [6.45, 7) is 1.83. The van der Waals surface area contributed by atoms with Crippen molar-refractivity contribution < 1.29 is 4.74 Å². The second kappa shape index (κ2) is 4.51. The second-order valence-corrected chi connectivity index (χ2v) is 4.47. The van der Waals surface area contributed by atoms with Crippen molar-refractivity contribution in [3.05, 3.63) is 46.9 Å². The minimum atomic E-state index is 0.185. The summed E-state index contributed by atoms with van der Waals surface area (Å²) in [5.41, 5.74) is 1.58. The average Bonchev–Trinajstić information content (AvgIpc) is 2.41. The van der Waals surface area contributed by atoms with Gasteiger partial charge in [0.2, 0.25) is 11.2 Å². The summed E-state index contributed by atoms with van der Waals surface area (Å²) in [6.07, 6.45) is 0. The fourth-order valence-corrected chi connectivity index (χ4v) is 2.06. The number of aromatic nitrogens is 2. The summed E-state index contributed by atoms with van der Waals surface area (Å²) in [7, 11) is 1.80. The lowest BCUT2D eigenvalue weighted by Gasteiger charge is -2.24. The van der Waals surface area contributed by atoms with Crippen molar-refractivity contribution in [1.82, 2.24) is 9.97 Å². The molecule has 0 spiro atoms. The molecule has 6 heteroatoms. The van der Waals surface area contributed by atoms with Crippen LogP contribution in [0.25, 0.3) is 0 Å². The van der Waals surface area contributed by atoms with E-state index in [0.29, 0.717) is 23.2 Å². The van der Waals surface area contributed by atoms with E-state index in [9.17, 15) is 0 Å². The highest BCUT2D eigenvalue weighted by Gasteiger charge is 2.24. The first-order chi connectivity index (χ1) is 9.15. The molecule has 0 aliphatic carbocycles. The Morgan fingerprint density at radius 2 is 1.89 bits per heavy atom. The first-order valence-corrected chi connectivity index (χ1v) is 6.12. The monoisotopic (exact) mass is 274 g/mol. The lowest BCUT2D eigenvalue weighted by atomic mass is 10.2. The molecule has 2 heterocycles. The Morgan fingerprint density at radius 1 is 1.16 bits per heavy atom. The maximum absolute atomic E-state index is 5.85. The van der Waals surface area contributed by atoms with Gasteiger partial charge in [-0.15, -0.1) is 5.10 Å². The molecule has 0 atom stereocenters. The molecular weight excluding hydrogens is 264 g/mol. The summed E-state index contributed by atoms with van der Waals surface area (Å²) >= 11 is 5.85. The van der Waals surface area contributed by atoms with Crippen LogP contribution in [0.3, 0.4) is 0 Å². The van der Waals surface area contributed by atoms with Crippen molar-refractivity contribution in [1.29, 1.82) is 0 Å². The number of rotatable bonds is 1. The van der Waals surface area contributed by atoms with Gasteiger partial charge in [0, 0.05) is 12.6 Å². The number of benzene rings is 1. The van der Waals surface area contributed by atoms with Gasteiger partial charge in [-0.05, 0) is 30.7 Å². The van der Waals surface area contributed by atoms with Crippen LogP contribution in [0.4, 0.5) is 5.82 Å². The third kappa shape index (κ3) is 2.13. The predicted molar refractivity (Wildman–Crippen MR) is 73.8 cm³/mol. The second-order valence-electron chi connectivity index (χ2n) is 4.13. The summed E-state index contributed by atoms with van der Waals surface area (Å²) in [5.74, 6) is 1.67. The zero-order chi connectivity index (χ0) is 13.4. The first-order valence-electron chi connectivity index (χ1n) is 5.75. The maximum Gasteiger partial charge on any atom is 0.244 e. The molecule has 3 rings (SSSR count). The van der Waals surface area contributed by atoms with E-state index in [4.69, 9.17) is 16.3 Å². The molecule has 1 aromatic carbocycles. The topological polar surface area (TPSA) is 50.6 Å². The minimum absolute atomic E-state index is 0.185. The molecule has 2 aromatic rings. The minimum Gasteiger partial charge on any atom is -0.431 e. The zero-order valence-corrected chi connectivity index (χ0v) is 11.2. The van der Waals surface area contributed by atoms with Crippen LogP contribution in [0, 0.1) is 6.92 Å². The fraction of sp³-hybridized carbons (Fsp3) is 0.154. The Bertz CT molecular complexity index is 657. The summed E-state index contributed by atoms with van der Waals surface area (Å²) in [5, 5.41) is 6.18. The number of hydrazone groups is 1. The van der Waals surface area contributed by atoms with Crippen LogP contribution in [0.1, 0.15) is 11.3 Å². The molecule has 1 aliphatic heterocycles. The highest BCUT2D eigenvalue weighted by atomic mass is 35.5. The average molecular weight is 275 g/mol. The fourth-order valence-electron chi connectivity index (χ4n) is 1.85. The van der Waals surface area contributed by atoms with Crippen LogP contribution < -0.4 is 9.75 Å². The Hall–Kier alpha value is -2.14. The van der Waals surface area contributed by atoms with Crippen molar-refractivity contribution in [3.63, 3.8) is 0 Å². The van der Waals surface area contributed by atoms with Gasteiger partial charge >= 0.3 is 0 Å². The van der Waals surface area contributed by atoms with Gasteiger partial charge in [-0.2, -0.15) is 4.98 Å². The standard InChI is InChI=1S/C13H11ClN4O/c1-8-10-11(16-13(14)15-8)18(2)17-12(19-10)9-6-4-3-5-7-9/h3-7H,1-2H3. The lowest BCUT2D eigenvalue weighted by Crippen LogP contribution is -2.26. The van der Waals surface area contributed by atoms with Crippen molar-refractivity contribution in [2.45, 2.75) is 6.92 Å². The highest BCUT2D eigenvalue weighted by Crippen LogP contribution is 2.33. The van der Waals surface area contributed by atoms with E-state index in [0.717, 1.165) is 5.56 Å². The number of anilines is 1. The molecule has 0 radical (unpaired) electrons. The van der Waals surface area contributed by atoms with E-state index in [2.05, 4.69) is 15.1 Å². The third-order valence-electron chi connectivity index (χ3n) is 2.76. The maximum atomic E-state index is 5.85. The smallest absolute Gasteiger partial charge is 0.244 e. The number of aryl methyl sites for hydroxylation is 1. The van der Waals surface area contributed by atoms with E-state index >= 15 is 0 Å². The van der Waals surface area contributed by atoms with Crippen LogP contribution in [0.15, 0.2) is 35.4 Å². The molecule has 0 N–H and O–H groups in total. The third-order valence-corrected chi connectivity index (χ3v) is 2.93. The van der Waals surface area contributed by atoms with Gasteiger partial charge in [-0.1, -0.05) is 18.2 Å². The molecule has 1 aliphatic rings. The van der Waals surface area contributed by atoms with Crippen LogP contribution >= 0.6 is 11.6 Å². The molecule has 0 fully saturated rings. The molecule has 1 aromatic heterocycles. The van der Waals surface area contributed by atoms with Gasteiger partial charge in [0.25, 0.3) is 0 Å². The molecule has 0 bridgehead atoms. The molecular formula is C13H11ClN4O. The van der Waals surface area contributed by atoms with Crippen molar-refractivity contribution in [2.75, 3.05) is 12.1 Å². The van der Waals surface area contributed by atoms with E-state index < -0.39 is 0 Å².